The van der Waals surface area contributed by atoms with Crippen LogP contribution in [0.15, 0.2) is 0 Å². The highest BCUT2D eigenvalue weighted by Crippen LogP contribution is 2.56. The Hall–Kier alpha value is -0.0400. The van der Waals surface area contributed by atoms with Gasteiger partial charge in [0.25, 0.3) is 0 Å². The molecule has 1 spiro atoms. The summed E-state index contributed by atoms with van der Waals surface area (Å²) in [5.74, 6) is 2.01. The van der Waals surface area contributed by atoms with E-state index in [1.54, 1.807) is 0 Å². The molecule has 1 nitrogen and oxygen atoms in total. The summed E-state index contributed by atoms with van der Waals surface area (Å²) in [5.41, 5.74) is 0.773. The molecule has 0 aromatic rings. The molecule has 1 saturated heterocycles. The molecule has 0 aromatic heterocycles. The van der Waals surface area contributed by atoms with Crippen molar-refractivity contribution in [2.24, 2.45) is 17.3 Å². The van der Waals surface area contributed by atoms with Crippen molar-refractivity contribution in [3.8, 4) is 0 Å². The summed E-state index contributed by atoms with van der Waals surface area (Å²) in [4.78, 5) is 2.67. The van der Waals surface area contributed by atoms with Crippen LogP contribution in [-0.4, -0.2) is 24.0 Å². The van der Waals surface area contributed by atoms with Crippen LogP contribution in [0.2, 0.25) is 0 Å². The van der Waals surface area contributed by atoms with E-state index >= 15 is 0 Å². The molecule has 0 bridgehead atoms. The minimum Gasteiger partial charge on any atom is -0.301 e. The van der Waals surface area contributed by atoms with Gasteiger partial charge in [-0.25, -0.2) is 0 Å². The lowest BCUT2D eigenvalue weighted by Gasteiger charge is -2.55. The molecule has 0 N–H and O–H groups in total. The van der Waals surface area contributed by atoms with E-state index < -0.39 is 0 Å². The van der Waals surface area contributed by atoms with Crippen LogP contribution in [-0.2, 0) is 0 Å². The van der Waals surface area contributed by atoms with E-state index in [4.69, 9.17) is 0 Å². The zero-order chi connectivity index (χ0) is 12.5. The minimum atomic E-state index is 0.750. The number of hydrogen-bond acceptors (Lipinski definition) is 1. The first-order valence-electron chi connectivity index (χ1n) is 7.81. The fourth-order valence-electron chi connectivity index (χ4n) is 3.92. The summed E-state index contributed by atoms with van der Waals surface area (Å²) in [7, 11) is 0. The maximum atomic E-state index is 2.67. The maximum absolute atomic E-state index is 2.67. The van der Waals surface area contributed by atoms with Crippen LogP contribution in [0.4, 0.5) is 0 Å². The molecule has 1 heteroatoms. The highest BCUT2D eigenvalue weighted by atomic mass is 15.2. The quantitative estimate of drug-likeness (QED) is 0.703. The minimum absolute atomic E-state index is 0.750. The first kappa shape index (κ1) is 13.4. The highest BCUT2D eigenvalue weighted by Gasteiger charge is 2.47. The summed E-state index contributed by atoms with van der Waals surface area (Å²) < 4.78 is 0. The zero-order valence-corrected chi connectivity index (χ0v) is 12.3. The van der Waals surface area contributed by atoms with Gasteiger partial charge in [0.05, 0.1) is 0 Å². The molecule has 1 aliphatic heterocycles. The molecule has 2 rings (SSSR count). The van der Waals surface area contributed by atoms with Gasteiger partial charge in [0.15, 0.2) is 0 Å². The smallest absolute Gasteiger partial charge is 0.00385 e. The number of nitrogens with zero attached hydrogens (tertiary/aromatic N) is 1. The molecular formula is C16H31N. The summed E-state index contributed by atoms with van der Waals surface area (Å²) in [6.07, 6.45) is 8.87. The van der Waals surface area contributed by atoms with E-state index in [-0.39, 0.29) is 0 Å². The predicted molar refractivity (Wildman–Crippen MR) is 75.2 cm³/mol. The summed E-state index contributed by atoms with van der Waals surface area (Å²) in [6.45, 7) is 12.2. The Morgan fingerprint density at radius 1 is 1.12 bits per heavy atom. The van der Waals surface area contributed by atoms with Crippen molar-refractivity contribution < 1.29 is 0 Å². The van der Waals surface area contributed by atoms with Crippen molar-refractivity contribution in [3.05, 3.63) is 0 Å². The third-order valence-electron chi connectivity index (χ3n) is 5.76. The summed E-state index contributed by atoms with van der Waals surface area (Å²) in [5, 5.41) is 0. The molecule has 2 aliphatic rings. The van der Waals surface area contributed by atoms with Crippen molar-refractivity contribution in [1.29, 1.82) is 0 Å². The topological polar surface area (TPSA) is 3.24 Å². The third kappa shape index (κ3) is 2.70. The lowest BCUT2D eigenvalue weighted by molar-refractivity contribution is -0.0502. The van der Waals surface area contributed by atoms with Gasteiger partial charge in [-0.05, 0) is 76.3 Å². The summed E-state index contributed by atoms with van der Waals surface area (Å²) in [6, 6.07) is 0.750. The van der Waals surface area contributed by atoms with Gasteiger partial charge in [-0.3, -0.25) is 0 Å². The SMILES string of the molecule is CCC(C)CC1CCC12CCN(C(C)C)CC2. The molecule has 2 fully saturated rings. The Morgan fingerprint density at radius 2 is 1.76 bits per heavy atom. The molecule has 0 amide bonds. The van der Waals surface area contributed by atoms with Crippen LogP contribution in [0.1, 0.15) is 66.2 Å². The van der Waals surface area contributed by atoms with E-state index in [9.17, 15) is 0 Å². The Kier molecular flexibility index (Phi) is 4.18. The van der Waals surface area contributed by atoms with Gasteiger partial charge in [0, 0.05) is 6.04 Å². The zero-order valence-electron chi connectivity index (χ0n) is 12.3. The second-order valence-electron chi connectivity index (χ2n) is 6.98. The average molecular weight is 237 g/mol. The highest BCUT2D eigenvalue weighted by molar-refractivity contribution is 4.99. The van der Waals surface area contributed by atoms with Crippen LogP contribution >= 0.6 is 0 Å². The predicted octanol–water partition coefficient (Wildman–Crippen LogP) is 4.32. The van der Waals surface area contributed by atoms with Gasteiger partial charge in [-0.2, -0.15) is 0 Å². The van der Waals surface area contributed by atoms with Crippen molar-refractivity contribution in [3.63, 3.8) is 0 Å². The Bertz CT molecular complexity index is 238. The van der Waals surface area contributed by atoms with Crippen molar-refractivity contribution >= 4 is 0 Å². The monoisotopic (exact) mass is 237 g/mol. The maximum Gasteiger partial charge on any atom is 0.00385 e. The molecule has 0 aromatic carbocycles. The van der Waals surface area contributed by atoms with Gasteiger partial charge in [0.1, 0.15) is 0 Å². The standard InChI is InChI=1S/C16H31N/c1-5-14(4)12-15-6-7-16(15)8-10-17(11-9-16)13(2)3/h13-15H,5-12H2,1-4H3. The largest absolute Gasteiger partial charge is 0.301 e. The van der Waals surface area contributed by atoms with Gasteiger partial charge in [-0.15, -0.1) is 0 Å². The van der Waals surface area contributed by atoms with E-state index in [1.165, 1.54) is 51.6 Å². The second-order valence-corrected chi connectivity index (χ2v) is 6.98. The third-order valence-corrected chi connectivity index (χ3v) is 5.76. The van der Waals surface area contributed by atoms with Crippen LogP contribution < -0.4 is 0 Å². The van der Waals surface area contributed by atoms with Gasteiger partial charge in [-0.1, -0.05) is 20.3 Å². The second kappa shape index (κ2) is 5.30. The van der Waals surface area contributed by atoms with Crippen molar-refractivity contribution in [2.75, 3.05) is 13.1 Å². The number of rotatable bonds is 4. The molecule has 100 valence electrons. The van der Waals surface area contributed by atoms with E-state index in [0.29, 0.717) is 0 Å². The molecular weight excluding hydrogens is 206 g/mol. The Morgan fingerprint density at radius 3 is 2.18 bits per heavy atom. The normalized spacial score (nSPS) is 30.5. The number of piperidine rings is 1. The van der Waals surface area contributed by atoms with Gasteiger partial charge in [0.2, 0.25) is 0 Å². The van der Waals surface area contributed by atoms with E-state index in [2.05, 4.69) is 32.6 Å². The van der Waals surface area contributed by atoms with E-state index in [0.717, 1.165) is 23.3 Å². The van der Waals surface area contributed by atoms with Gasteiger partial charge < -0.3 is 4.90 Å². The van der Waals surface area contributed by atoms with Crippen LogP contribution in [0, 0.1) is 17.3 Å². The van der Waals surface area contributed by atoms with Crippen LogP contribution in [0.25, 0.3) is 0 Å². The average Bonchev–Trinajstić information content (AvgIpc) is 2.34. The van der Waals surface area contributed by atoms with Crippen LogP contribution in [0.3, 0.4) is 0 Å². The van der Waals surface area contributed by atoms with E-state index in [1.807, 2.05) is 0 Å². The summed E-state index contributed by atoms with van der Waals surface area (Å²) >= 11 is 0. The lowest BCUT2D eigenvalue weighted by Crippen LogP contribution is -2.51. The van der Waals surface area contributed by atoms with Crippen molar-refractivity contribution in [2.45, 2.75) is 72.3 Å². The Labute approximate surface area is 108 Å². The number of hydrogen-bond donors (Lipinski definition) is 0. The van der Waals surface area contributed by atoms with Crippen LogP contribution in [0.5, 0.6) is 0 Å². The molecule has 0 radical (unpaired) electrons. The molecule has 1 aliphatic carbocycles. The number of likely N-dealkylation sites (tertiary alicyclic amines) is 1. The first-order valence-corrected chi connectivity index (χ1v) is 7.81. The molecule has 1 saturated carbocycles. The fraction of sp³-hybridized carbons (Fsp3) is 1.00. The first-order chi connectivity index (χ1) is 8.07. The Balaban J connectivity index is 1.85. The van der Waals surface area contributed by atoms with Crippen molar-refractivity contribution in [1.82, 2.24) is 4.90 Å². The molecule has 2 atom stereocenters. The molecule has 17 heavy (non-hydrogen) atoms. The fourth-order valence-corrected chi connectivity index (χ4v) is 3.92. The lowest BCUT2D eigenvalue weighted by atomic mass is 9.53. The molecule has 1 heterocycles. The van der Waals surface area contributed by atoms with Gasteiger partial charge >= 0.3 is 0 Å². The molecule has 2 unspecified atom stereocenters.